The minimum atomic E-state index is -3.57. The number of anilines is 3. The van der Waals surface area contributed by atoms with Crippen LogP contribution in [0.4, 0.5) is 17.1 Å². The number of hydrogen-bond donors (Lipinski definition) is 2. The fourth-order valence-electron chi connectivity index (χ4n) is 3.80. The molecule has 1 saturated heterocycles. The molecule has 1 fully saturated rings. The summed E-state index contributed by atoms with van der Waals surface area (Å²) in [7, 11) is 0.356. The first-order chi connectivity index (χ1) is 15.2. The van der Waals surface area contributed by atoms with Crippen LogP contribution in [0.5, 0.6) is 0 Å². The Hall–Kier alpha value is -2.58. The van der Waals surface area contributed by atoms with E-state index < -0.39 is 16.1 Å². The Balaban J connectivity index is 1.71. The molecule has 2 aromatic carbocycles. The number of carbonyl (C=O) groups excluding carboxylic acids is 1. The van der Waals surface area contributed by atoms with E-state index in [0.29, 0.717) is 34.9 Å². The summed E-state index contributed by atoms with van der Waals surface area (Å²) in [5, 5.41) is 6.04. The fourth-order valence-corrected chi connectivity index (χ4v) is 5.57. The van der Waals surface area contributed by atoms with Crippen LogP contribution in [-0.4, -0.2) is 51.9 Å². The van der Waals surface area contributed by atoms with Crippen LogP contribution in [-0.2, 0) is 14.8 Å². The molecule has 174 valence electrons. The van der Waals surface area contributed by atoms with Gasteiger partial charge in [0.25, 0.3) is 0 Å². The van der Waals surface area contributed by atoms with Gasteiger partial charge in [-0.3, -0.25) is 4.79 Å². The molecule has 0 spiro atoms. The van der Waals surface area contributed by atoms with Crippen molar-refractivity contribution in [2.24, 2.45) is 0 Å². The summed E-state index contributed by atoms with van der Waals surface area (Å²) in [5.74, 6) is -0.194. The zero-order valence-corrected chi connectivity index (χ0v) is 20.2. The van der Waals surface area contributed by atoms with Crippen LogP contribution < -0.4 is 15.5 Å². The first kappa shape index (κ1) is 24.1. The highest BCUT2D eigenvalue weighted by Gasteiger charge is 2.27. The Labute approximate surface area is 191 Å². The number of hydrogen-bond acceptors (Lipinski definition) is 5. The third kappa shape index (κ3) is 5.81. The number of rotatable bonds is 7. The first-order valence-electron chi connectivity index (χ1n) is 11.1. The maximum atomic E-state index is 13.3. The van der Waals surface area contributed by atoms with Crippen molar-refractivity contribution in [1.29, 1.82) is 0 Å². The van der Waals surface area contributed by atoms with Crippen molar-refractivity contribution in [3.8, 4) is 0 Å². The van der Waals surface area contributed by atoms with Gasteiger partial charge in [0.05, 0.1) is 4.90 Å². The van der Waals surface area contributed by atoms with E-state index >= 15 is 0 Å². The van der Waals surface area contributed by atoms with E-state index in [4.69, 9.17) is 0 Å². The van der Waals surface area contributed by atoms with Gasteiger partial charge in [-0.05, 0) is 68.7 Å². The van der Waals surface area contributed by atoms with Crippen molar-refractivity contribution < 1.29 is 13.2 Å². The average molecular weight is 459 g/mol. The second-order valence-corrected chi connectivity index (χ2v) is 10.5. The maximum absolute atomic E-state index is 13.3. The summed E-state index contributed by atoms with van der Waals surface area (Å²) < 4.78 is 28.1. The van der Waals surface area contributed by atoms with Crippen molar-refractivity contribution >= 4 is 33.0 Å². The van der Waals surface area contributed by atoms with E-state index in [1.807, 2.05) is 56.3 Å². The highest BCUT2D eigenvalue weighted by atomic mass is 32.2. The predicted octanol–water partition coefficient (Wildman–Crippen LogP) is 4.06. The summed E-state index contributed by atoms with van der Waals surface area (Å²) in [6.07, 6.45) is 3.92. The van der Waals surface area contributed by atoms with E-state index in [1.54, 1.807) is 23.4 Å². The largest absolute Gasteiger partial charge is 0.378 e. The third-order valence-corrected chi connectivity index (χ3v) is 7.84. The van der Waals surface area contributed by atoms with Gasteiger partial charge in [0.1, 0.15) is 6.04 Å². The molecule has 1 aliphatic heterocycles. The second-order valence-electron chi connectivity index (χ2n) is 8.60. The molecule has 7 nitrogen and oxygen atoms in total. The van der Waals surface area contributed by atoms with E-state index in [-0.39, 0.29) is 5.91 Å². The molecule has 0 aromatic heterocycles. The molecule has 32 heavy (non-hydrogen) atoms. The summed E-state index contributed by atoms with van der Waals surface area (Å²) in [6, 6.07) is 12.3. The minimum absolute atomic E-state index is 0.194. The van der Waals surface area contributed by atoms with Crippen LogP contribution in [0.25, 0.3) is 0 Å². The number of aryl methyl sites for hydroxylation is 1. The Bertz CT molecular complexity index is 1030. The summed E-state index contributed by atoms with van der Waals surface area (Å²) in [5.41, 5.74) is 3.07. The van der Waals surface area contributed by atoms with E-state index in [0.717, 1.165) is 31.4 Å². The number of nitrogens with one attached hydrogen (secondary N) is 2. The Morgan fingerprint density at radius 3 is 2.16 bits per heavy atom. The van der Waals surface area contributed by atoms with Gasteiger partial charge in [-0.1, -0.05) is 18.9 Å². The summed E-state index contributed by atoms with van der Waals surface area (Å²) in [4.78, 5) is 15.0. The molecule has 0 bridgehead atoms. The van der Waals surface area contributed by atoms with Crippen LogP contribution >= 0.6 is 0 Å². The summed E-state index contributed by atoms with van der Waals surface area (Å²) in [6.45, 7) is 4.68. The molecule has 3 rings (SSSR count). The quantitative estimate of drug-likeness (QED) is 0.654. The normalized spacial score (nSPS) is 16.1. The number of amides is 1. The molecule has 0 aliphatic carbocycles. The molecule has 0 radical (unpaired) electrons. The lowest BCUT2D eigenvalue weighted by Gasteiger charge is -2.22. The lowest BCUT2D eigenvalue weighted by Crippen LogP contribution is -2.33. The fraction of sp³-hybridized carbons (Fsp3) is 0.458. The van der Waals surface area contributed by atoms with Gasteiger partial charge in [-0.15, -0.1) is 0 Å². The number of benzene rings is 2. The monoisotopic (exact) mass is 458 g/mol. The molecular weight excluding hydrogens is 424 g/mol. The molecular formula is C24H34N4O3S. The van der Waals surface area contributed by atoms with Crippen LogP contribution in [0.15, 0.2) is 47.4 Å². The van der Waals surface area contributed by atoms with Crippen LogP contribution in [0.2, 0.25) is 0 Å². The van der Waals surface area contributed by atoms with Crippen molar-refractivity contribution in [2.45, 2.75) is 50.5 Å². The topological polar surface area (TPSA) is 81.8 Å². The zero-order chi connectivity index (χ0) is 23.3. The van der Waals surface area contributed by atoms with Gasteiger partial charge in [-0.2, -0.15) is 4.31 Å². The lowest BCUT2D eigenvalue weighted by molar-refractivity contribution is -0.116. The highest BCUT2D eigenvalue weighted by molar-refractivity contribution is 7.89. The van der Waals surface area contributed by atoms with Gasteiger partial charge in [0.2, 0.25) is 15.9 Å². The van der Waals surface area contributed by atoms with E-state index in [1.165, 1.54) is 0 Å². The molecule has 1 atom stereocenters. The molecule has 0 saturated carbocycles. The predicted molar refractivity (Wildman–Crippen MR) is 131 cm³/mol. The third-order valence-electron chi connectivity index (χ3n) is 5.80. The Morgan fingerprint density at radius 1 is 0.969 bits per heavy atom. The van der Waals surface area contributed by atoms with Crippen molar-refractivity contribution in [1.82, 2.24) is 4.31 Å². The Kier molecular flexibility index (Phi) is 7.79. The molecule has 8 heteroatoms. The SMILES string of the molecule is Cc1ccc(N[C@@H](C)C(=O)Nc2ccc(N(C)C)cc2)cc1S(=O)(=O)N1CCCCCC1. The van der Waals surface area contributed by atoms with E-state index in [9.17, 15) is 13.2 Å². The number of carbonyl (C=O) groups is 1. The molecule has 1 heterocycles. The van der Waals surface area contributed by atoms with Crippen molar-refractivity contribution in [2.75, 3.05) is 42.7 Å². The van der Waals surface area contributed by atoms with Crippen molar-refractivity contribution in [3.63, 3.8) is 0 Å². The minimum Gasteiger partial charge on any atom is -0.378 e. The average Bonchev–Trinajstić information content (AvgIpc) is 3.05. The standard InChI is InChI=1S/C24H34N4O3S/c1-18-9-10-21(17-23(18)32(30,31)28-15-7-5-6-8-16-28)25-19(2)24(29)26-20-11-13-22(14-12-20)27(3)4/h9-14,17,19,25H,5-8,15-16H2,1-4H3,(H,26,29)/t19-/m0/s1. The van der Waals surface area contributed by atoms with Crippen LogP contribution in [0.3, 0.4) is 0 Å². The van der Waals surface area contributed by atoms with Gasteiger partial charge >= 0.3 is 0 Å². The molecule has 2 aromatic rings. The van der Waals surface area contributed by atoms with Crippen LogP contribution in [0.1, 0.15) is 38.2 Å². The number of nitrogens with zero attached hydrogens (tertiary/aromatic N) is 2. The number of sulfonamides is 1. The molecule has 0 unspecified atom stereocenters. The highest BCUT2D eigenvalue weighted by Crippen LogP contribution is 2.26. The molecule has 2 N–H and O–H groups in total. The second kappa shape index (κ2) is 10.4. The van der Waals surface area contributed by atoms with Gasteiger partial charge in [-0.25, -0.2) is 8.42 Å². The summed E-state index contributed by atoms with van der Waals surface area (Å²) >= 11 is 0. The first-order valence-corrected chi connectivity index (χ1v) is 12.6. The zero-order valence-electron chi connectivity index (χ0n) is 19.4. The van der Waals surface area contributed by atoms with Gasteiger partial charge < -0.3 is 15.5 Å². The smallest absolute Gasteiger partial charge is 0.246 e. The lowest BCUT2D eigenvalue weighted by atomic mass is 10.2. The van der Waals surface area contributed by atoms with Crippen LogP contribution in [0, 0.1) is 6.92 Å². The molecule has 1 amide bonds. The molecule has 1 aliphatic rings. The maximum Gasteiger partial charge on any atom is 0.246 e. The van der Waals surface area contributed by atoms with Gasteiger partial charge in [0.15, 0.2) is 0 Å². The van der Waals surface area contributed by atoms with Gasteiger partial charge in [0, 0.05) is 44.2 Å². The van der Waals surface area contributed by atoms with Crippen molar-refractivity contribution in [3.05, 3.63) is 48.0 Å². The van der Waals surface area contributed by atoms with E-state index in [2.05, 4.69) is 10.6 Å². The Morgan fingerprint density at radius 2 is 1.56 bits per heavy atom.